The molecule has 0 aliphatic carbocycles. The Kier molecular flexibility index (Phi) is 6.80. The van der Waals surface area contributed by atoms with Crippen molar-refractivity contribution in [3.8, 4) is 5.75 Å². The number of methoxy groups -OCH3 is 1. The third-order valence-electron chi connectivity index (χ3n) is 5.44. The molecule has 166 valence electrons. The second-order valence-electron chi connectivity index (χ2n) is 8.10. The minimum Gasteiger partial charge on any atom is -0.493 e. The van der Waals surface area contributed by atoms with Crippen LogP contribution in [0.5, 0.6) is 5.75 Å². The first-order valence-corrected chi connectivity index (χ1v) is 10.2. The van der Waals surface area contributed by atoms with Crippen LogP contribution < -0.4 is 15.6 Å². The highest BCUT2D eigenvalue weighted by Gasteiger charge is 2.17. The second kappa shape index (κ2) is 9.34. The van der Waals surface area contributed by atoms with E-state index in [0.29, 0.717) is 36.5 Å². The van der Waals surface area contributed by atoms with Crippen LogP contribution in [0.4, 0.5) is 4.79 Å². The molecule has 3 rings (SSSR count). The first-order chi connectivity index (χ1) is 14.7. The lowest BCUT2D eigenvalue weighted by Gasteiger charge is -2.20. The lowest BCUT2D eigenvalue weighted by molar-refractivity contribution is 0.174. The smallest absolute Gasteiger partial charge is 0.404 e. The van der Waals surface area contributed by atoms with E-state index in [2.05, 4.69) is 10.3 Å². The van der Waals surface area contributed by atoms with Gasteiger partial charge in [0.1, 0.15) is 5.75 Å². The van der Waals surface area contributed by atoms with E-state index in [-0.39, 0.29) is 17.5 Å². The number of carboxylic acid groups (broad SMARTS) is 1. The summed E-state index contributed by atoms with van der Waals surface area (Å²) in [6.45, 7) is 6.46. The van der Waals surface area contributed by atoms with Gasteiger partial charge in [-0.05, 0) is 43.7 Å². The molecular weight excluding hydrogens is 398 g/mol. The van der Waals surface area contributed by atoms with Crippen LogP contribution in [0.25, 0.3) is 21.7 Å². The maximum Gasteiger partial charge on any atom is 0.404 e. The van der Waals surface area contributed by atoms with E-state index >= 15 is 0 Å². The summed E-state index contributed by atoms with van der Waals surface area (Å²) in [5.41, 5.74) is 2.26. The number of pyridine rings is 2. The van der Waals surface area contributed by atoms with Crippen molar-refractivity contribution < 1.29 is 19.4 Å². The van der Waals surface area contributed by atoms with Gasteiger partial charge in [0, 0.05) is 43.4 Å². The molecule has 2 N–H and O–H groups in total. The second-order valence-corrected chi connectivity index (χ2v) is 8.10. The molecule has 0 spiro atoms. The predicted octanol–water partition coefficient (Wildman–Crippen LogP) is 3.60. The third kappa shape index (κ3) is 4.80. The Bertz CT molecular complexity index is 1170. The number of benzene rings is 1. The van der Waals surface area contributed by atoms with Gasteiger partial charge in [0.05, 0.1) is 29.8 Å². The number of nitrogens with one attached hydrogen (secondary N) is 1. The number of hydrogen-bond donors (Lipinski definition) is 2. The highest BCUT2D eigenvalue weighted by Crippen LogP contribution is 2.31. The van der Waals surface area contributed by atoms with Gasteiger partial charge < -0.3 is 24.5 Å². The molecule has 8 heteroatoms. The summed E-state index contributed by atoms with van der Waals surface area (Å²) in [6.07, 6.45) is 1.33. The van der Waals surface area contributed by atoms with Gasteiger partial charge >= 0.3 is 6.09 Å². The van der Waals surface area contributed by atoms with Crippen LogP contribution in [-0.2, 0) is 18.4 Å². The van der Waals surface area contributed by atoms with E-state index in [9.17, 15) is 9.59 Å². The number of carbonyl (C=O) groups is 1. The highest BCUT2D eigenvalue weighted by atomic mass is 16.5. The van der Waals surface area contributed by atoms with Gasteiger partial charge in [-0.1, -0.05) is 6.92 Å². The zero-order valence-corrected chi connectivity index (χ0v) is 18.6. The lowest BCUT2D eigenvalue weighted by Crippen LogP contribution is -2.33. The Morgan fingerprint density at radius 3 is 2.71 bits per heavy atom. The predicted molar refractivity (Wildman–Crippen MR) is 120 cm³/mol. The van der Waals surface area contributed by atoms with E-state index in [1.54, 1.807) is 24.9 Å². The number of hydrogen-bond acceptors (Lipinski definition) is 5. The minimum absolute atomic E-state index is 0.0968. The van der Waals surface area contributed by atoms with Gasteiger partial charge in [-0.25, -0.2) is 4.79 Å². The summed E-state index contributed by atoms with van der Waals surface area (Å²) in [5.74, 6) is 0.780. The fourth-order valence-corrected chi connectivity index (χ4v) is 4.02. The fourth-order valence-electron chi connectivity index (χ4n) is 4.02. The molecule has 0 saturated heterocycles. The molecule has 2 atom stereocenters. The largest absolute Gasteiger partial charge is 0.493 e. The Morgan fingerprint density at radius 2 is 2.03 bits per heavy atom. The van der Waals surface area contributed by atoms with Crippen LogP contribution in [0, 0.1) is 12.8 Å². The van der Waals surface area contributed by atoms with Crippen LogP contribution in [0.15, 0.2) is 29.2 Å². The number of ether oxygens (including phenoxy) is 2. The molecule has 0 fully saturated rings. The summed E-state index contributed by atoms with van der Waals surface area (Å²) < 4.78 is 13.1. The van der Waals surface area contributed by atoms with Crippen LogP contribution in [-0.4, -0.2) is 40.5 Å². The van der Waals surface area contributed by atoms with Crippen molar-refractivity contribution in [2.24, 2.45) is 13.0 Å². The Morgan fingerprint density at radius 1 is 1.29 bits per heavy atom. The molecule has 0 aliphatic heterocycles. The van der Waals surface area contributed by atoms with Crippen molar-refractivity contribution in [2.75, 3.05) is 13.7 Å². The molecule has 3 aromatic rings. The van der Waals surface area contributed by atoms with E-state index in [1.807, 2.05) is 39.0 Å². The van der Waals surface area contributed by atoms with Crippen molar-refractivity contribution in [3.63, 3.8) is 0 Å². The summed E-state index contributed by atoms with van der Waals surface area (Å²) in [6, 6.07) is 5.58. The molecular formula is C23H29N3O5. The van der Waals surface area contributed by atoms with Crippen molar-refractivity contribution in [1.29, 1.82) is 0 Å². The quantitative estimate of drug-likeness (QED) is 0.533. The molecule has 2 unspecified atom stereocenters. The monoisotopic (exact) mass is 427 g/mol. The third-order valence-corrected chi connectivity index (χ3v) is 5.44. The Labute approximate surface area is 180 Å². The molecule has 2 aromatic heterocycles. The molecule has 31 heavy (non-hydrogen) atoms. The first-order valence-electron chi connectivity index (χ1n) is 10.2. The molecule has 8 nitrogen and oxygen atoms in total. The summed E-state index contributed by atoms with van der Waals surface area (Å²) >= 11 is 0. The van der Waals surface area contributed by atoms with Crippen molar-refractivity contribution in [3.05, 3.63) is 46.0 Å². The summed E-state index contributed by atoms with van der Waals surface area (Å²) in [4.78, 5) is 28.0. The van der Waals surface area contributed by atoms with Crippen molar-refractivity contribution in [2.45, 2.75) is 39.8 Å². The zero-order chi connectivity index (χ0) is 22.7. The molecule has 0 bridgehead atoms. The standard InChI is InChI=1S/C23H29N3O5/c1-13(8-14(2)25-23(28)29)11-31-20-10-19-18(9-16(20)12-30-5)17-6-7-24-15(3)21(17)22(27)26(19)4/h6-7,9-10,13-14,25H,8,11-12H2,1-5H3,(H,28,29). The number of amides is 1. The SMILES string of the molecule is COCc1cc2c3ccnc(C)c3c(=O)n(C)c2cc1OCC(C)CC(C)NC(=O)O. The van der Waals surface area contributed by atoms with E-state index in [0.717, 1.165) is 21.9 Å². The van der Waals surface area contributed by atoms with Crippen LogP contribution in [0.2, 0.25) is 0 Å². The fraction of sp³-hybridized carbons (Fsp3) is 0.435. The average molecular weight is 428 g/mol. The highest BCUT2D eigenvalue weighted by molar-refractivity contribution is 6.06. The van der Waals surface area contributed by atoms with Gasteiger partial charge in [-0.3, -0.25) is 9.78 Å². The molecule has 0 saturated carbocycles. The van der Waals surface area contributed by atoms with Crippen LogP contribution in [0.1, 0.15) is 31.5 Å². The number of fused-ring (bicyclic) bond motifs is 3. The molecule has 0 aliphatic rings. The van der Waals surface area contributed by atoms with Gasteiger partial charge in [-0.15, -0.1) is 0 Å². The molecule has 0 radical (unpaired) electrons. The summed E-state index contributed by atoms with van der Waals surface area (Å²) in [5, 5.41) is 13.7. The number of aryl methyl sites for hydroxylation is 2. The number of nitrogens with zero attached hydrogens (tertiary/aromatic N) is 2. The number of rotatable bonds is 8. The minimum atomic E-state index is -1.03. The van der Waals surface area contributed by atoms with Gasteiger partial charge in [0.15, 0.2) is 0 Å². The zero-order valence-electron chi connectivity index (χ0n) is 18.6. The molecule has 1 aromatic carbocycles. The van der Waals surface area contributed by atoms with Gasteiger partial charge in [0.25, 0.3) is 5.56 Å². The van der Waals surface area contributed by atoms with Gasteiger partial charge in [-0.2, -0.15) is 0 Å². The maximum atomic E-state index is 13.0. The van der Waals surface area contributed by atoms with Crippen LogP contribution in [0.3, 0.4) is 0 Å². The molecule has 1 amide bonds. The maximum absolute atomic E-state index is 13.0. The topological polar surface area (TPSA) is 103 Å². The Balaban J connectivity index is 1.99. The lowest BCUT2D eigenvalue weighted by atomic mass is 10.0. The van der Waals surface area contributed by atoms with E-state index in [1.165, 1.54) is 0 Å². The molecule has 2 heterocycles. The van der Waals surface area contributed by atoms with E-state index < -0.39 is 6.09 Å². The van der Waals surface area contributed by atoms with E-state index in [4.69, 9.17) is 14.6 Å². The van der Waals surface area contributed by atoms with Crippen molar-refractivity contribution in [1.82, 2.24) is 14.9 Å². The van der Waals surface area contributed by atoms with Gasteiger partial charge in [0.2, 0.25) is 0 Å². The van der Waals surface area contributed by atoms with Crippen molar-refractivity contribution >= 4 is 27.8 Å². The van der Waals surface area contributed by atoms with Crippen LogP contribution >= 0.6 is 0 Å². The number of aromatic nitrogens is 2. The Hall–Kier alpha value is -3.13. The first kappa shape index (κ1) is 22.6. The normalized spacial score (nSPS) is 13.3. The summed E-state index contributed by atoms with van der Waals surface area (Å²) in [7, 11) is 3.38. The average Bonchev–Trinajstić information content (AvgIpc) is 2.70.